The van der Waals surface area contributed by atoms with E-state index >= 15 is 4.39 Å². The van der Waals surface area contributed by atoms with Crippen LogP contribution in [-0.2, 0) is 10.9 Å². The first-order chi connectivity index (χ1) is 16.0. The Kier molecular flexibility index (Phi) is 6.78. The van der Waals surface area contributed by atoms with E-state index < -0.39 is 17.1 Å². The van der Waals surface area contributed by atoms with Crippen molar-refractivity contribution in [3.8, 4) is 0 Å². The Morgan fingerprint density at radius 1 is 0.788 bits per heavy atom. The van der Waals surface area contributed by atoms with E-state index in [1.807, 2.05) is 54.6 Å². The van der Waals surface area contributed by atoms with E-state index in [0.29, 0.717) is 11.7 Å². The van der Waals surface area contributed by atoms with E-state index in [0.717, 1.165) is 15.9 Å². The van der Waals surface area contributed by atoms with Gasteiger partial charge in [0.05, 0.1) is 0 Å². The van der Waals surface area contributed by atoms with Crippen LogP contribution in [0.25, 0.3) is 0 Å². The molecule has 0 radical (unpaired) electrons. The molecule has 0 aromatic heterocycles. The number of rotatable bonds is 7. The van der Waals surface area contributed by atoms with Crippen LogP contribution >= 0.6 is 20.8 Å². The van der Waals surface area contributed by atoms with Gasteiger partial charge in [-0.25, -0.2) is 0 Å². The zero-order valence-corrected chi connectivity index (χ0v) is 20.8. The molecule has 5 heteroatoms. The third-order valence-corrected chi connectivity index (χ3v) is 15.4. The van der Waals surface area contributed by atoms with Crippen LogP contribution in [-0.4, -0.2) is 12.6 Å². The number of carbonyl (C=O) groups is 1. The number of benzene rings is 4. The standard InChI is InChI=1S/C28H25BrFO2P/c1-2-32-28(31)22-18-19-23(27(30)20-22)21-33(29,24-12-6-3-7-13-24,25-14-8-4-9-15-25)26-16-10-5-11-17-26/h3-20H,2,21H2,1H3. The molecule has 33 heavy (non-hydrogen) atoms. The normalized spacial score (nSPS) is 12.5. The molecule has 0 aliphatic heterocycles. The summed E-state index contributed by atoms with van der Waals surface area (Å²) in [5.74, 6) is -0.940. The van der Waals surface area contributed by atoms with Crippen molar-refractivity contribution in [2.75, 3.05) is 6.61 Å². The van der Waals surface area contributed by atoms with Crippen molar-refractivity contribution < 1.29 is 13.9 Å². The Hall–Kier alpha value is -2.81. The van der Waals surface area contributed by atoms with Crippen molar-refractivity contribution in [2.45, 2.75) is 13.1 Å². The summed E-state index contributed by atoms with van der Waals surface area (Å²) >= 11 is 4.33. The van der Waals surface area contributed by atoms with Crippen LogP contribution < -0.4 is 15.9 Å². The van der Waals surface area contributed by atoms with Gasteiger partial charge in [0.1, 0.15) is 0 Å². The Morgan fingerprint density at radius 2 is 1.24 bits per heavy atom. The maximum absolute atomic E-state index is 15.5. The van der Waals surface area contributed by atoms with E-state index in [2.05, 4.69) is 51.9 Å². The molecule has 0 amide bonds. The number of hydrogen-bond donors (Lipinski definition) is 0. The molecule has 0 aliphatic rings. The first-order valence-corrected chi connectivity index (χ1v) is 15.3. The second kappa shape index (κ2) is 9.59. The van der Waals surface area contributed by atoms with Crippen molar-refractivity contribution in [1.82, 2.24) is 0 Å². The number of esters is 1. The maximum atomic E-state index is 15.5. The predicted octanol–water partition coefficient (Wildman–Crippen LogP) is 6.34. The number of carbonyl (C=O) groups excluding carboxylic acids is 1. The molecule has 4 rings (SSSR count). The molecule has 0 unspecified atom stereocenters. The summed E-state index contributed by atoms with van der Waals surface area (Å²) < 4.78 is 20.5. The Morgan fingerprint density at radius 3 is 1.64 bits per heavy atom. The molecule has 0 saturated carbocycles. The second-order valence-corrected chi connectivity index (χ2v) is 16.8. The summed E-state index contributed by atoms with van der Waals surface area (Å²) in [6.45, 7) is 1.98. The first kappa shape index (κ1) is 23.4. The van der Waals surface area contributed by atoms with Gasteiger partial charge in [-0.3, -0.25) is 0 Å². The molecular weight excluding hydrogens is 498 g/mol. The fourth-order valence-electron chi connectivity index (χ4n) is 4.27. The van der Waals surface area contributed by atoms with Crippen LogP contribution in [0, 0.1) is 5.82 Å². The summed E-state index contributed by atoms with van der Waals surface area (Å²) in [4.78, 5) is 12.1. The predicted molar refractivity (Wildman–Crippen MR) is 140 cm³/mol. The average molecular weight is 523 g/mol. The molecule has 0 N–H and O–H groups in total. The minimum absolute atomic E-state index is 0.215. The zero-order valence-electron chi connectivity index (χ0n) is 18.3. The molecule has 0 aliphatic carbocycles. The monoisotopic (exact) mass is 522 g/mol. The Bertz CT molecular complexity index is 1150. The first-order valence-electron chi connectivity index (χ1n) is 10.8. The fourth-order valence-corrected chi connectivity index (χ4v) is 11.9. The number of hydrogen-bond acceptors (Lipinski definition) is 2. The molecule has 4 aromatic rings. The molecule has 0 spiro atoms. The van der Waals surface area contributed by atoms with Crippen LogP contribution in [0.3, 0.4) is 0 Å². The summed E-state index contributed by atoms with van der Waals surface area (Å²) in [6.07, 6.45) is 0.415. The molecule has 0 bridgehead atoms. The van der Waals surface area contributed by atoms with Gasteiger partial charge in [-0.1, -0.05) is 0 Å². The topological polar surface area (TPSA) is 26.3 Å². The van der Waals surface area contributed by atoms with Gasteiger partial charge in [0.2, 0.25) is 0 Å². The van der Waals surface area contributed by atoms with Crippen molar-refractivity contribution in [2.24, 2.45) is 0 Å². The van der Waals surface area contributed by atoms with E-state index in [9.17, 15) is 4.79 Å². The summed E-state index contributed by atoms with van der Waals surface area (Å²) in [7, 11) is 0. The molecule has 0 atom stereocenters. The van der Waals surface area contributed by atoms with Crippen LogP contribution in [0.1, 0.15) is 22.8 Å². The molecule has 0 heterocycles. The van der Waals surface area contributed by atoms with Gasteiger partial charge in [0.15, 0.2) is 0 Å². The van der Waals surface area contributed by atoms with E-state index in [1.54, 1.807) is 19.1 Å². The van der Waals surface area contributed by atoms with Gasteiger partial charge in [-0.15, -0.1) is 0 Å². The minimum atomic E-state index is -3.32. The van der Waals surface area contributed by atoms with Gasteiger partial charge < -0.3 is 0 Å². The zero-order chi connectivity index (χ0) is 23.3. The Balaban J connectivity index is 1.98. The van der Waals surface area contributed by atoms with E-state index in [-0.39, 0.29) is 12.2 Å². The third-order valence-electron chi connectivity index (χ3n) is 5.92. The summed E-state index contributed by atoms with van der Waals surface area (Å²) in [5, 5.41) is -0.000557. The third kappa shape index (κ3) is 4.26. The van der Waals surface area contributed by atoms with Crippen molar-refractivity contribution in [1.29, 1.82) is 0 Å². The van der Waals surface area contributed by atoms with Crippen LogP contribution in [0.5, 0.6) is 0 Å². The van der Waals surface area contributed by atoms with Gasteiger partial charge >= 0.3 is 202 Å². The van der Waals surface area contributed by atoms with Gasteiger partial charge in [0.25, 0.3) is 0 Å². The molecule has 0 saturated heterocycles. The van der Waals surface area contributed by atoms with Crippen LogP contribution in [0.2, 0.25) is 0 Å². The molecular formula is C28H25BrFO2P. The second-order valence-electron chi connectivity index (χ2n) is 7.87. The van der Waals surface area contributed by atoms with Gasteiger partial charge in [-0.2, -0.15) is 0 Å². The molecule has 4 aromatic carbocycles. The molecule has 2 nitrogen and oxygen atoms in total. The van der Waals surface area contributed by atoms with Crippen molar-refractivity contribution in [3.63, 3.8) is 0 Å². The van der Waals surface area contributed by atoms with Crippen molar-refractivity contribution >= 4 is 42.7 Å². The quantitative estimate of drug-likeness (QED) is 0.209. The van der Waals surface area contributed by atoms with Crippen LogP contribution in [0.15, 0.2) is 109 Å². The van der Waals surface area contributed by atoms with Gasteiger partial charge in [0, 0.05) is 0 Å². The SMILES string of the molecule is CCOC(=O)c1ccc(CP(Br)(c2ccccc2)(c2ccccc2)c2ccccc2)c(F)c1. The van der Waals surface area contributed by atoms with Crippen molar-refractivity contribution in [3.05, 3.63) is 126 Å². The van der Waals surface area contributed by atoms with Gasteiger partial charge in [-0.05, 0) is 0 Å². The average Bonchev–Trinajstić information content (AvgIpc) is 2.87. The molecule has 168 valence electrons. The number of halogens is 2. The summed E-state index contributed by atoms with van der Waals surface area (Å²) in [6, 6.07) is 35.4. The fraction of sp³-hybridized carbons (Fsp3) is 0.107. The number of ether oxygens (including phenoxy) is 1. The van der Waals surface area contributed by atoms with Crippen LogP contribution in [0.4, 0.5) is 4.39 Å². The van der Waals surface area contributed by atoms with E-state index in [1.165, 1.54) is 6.07 Å². The summed E-state index contributed by atoms with van der Waals surface area (Å²) in [5.41, 5.74) is 0.751. The molecule has 0 fully saturated rings. The Labute approximate surface area is 202 Å². The van der Waals surface area contributed by atoms with E-state index in [4.69, 9.17) is 4.74 Å².